The maximum absolute atomic E-state index is 12.0. The molecule has 0 saturated carbocycles. The van der Waals surface area contributed by atoms with Crippen LogP contribution in [-0.2, 0) is 4.79 Å². The Bertz CT molecular complexity index is 518. The third-order valence-corrected chi connectivity index (χ3v) is 3.45. The molecule has 116 valence electrons. The molecule has 0 aliphatic carbocycles. The van der Waals surface area contributed by atoms with Crippen LogP contribution in [0.15, 0.2) is 22.7 Å². The van der Waals surface area contributed by atoms with Gasteiger partial charge in [0.15, 0.2) is 6.10 Å². The first-order valence-corrected chi connectivity index (χ1v) is 7.64. The second-order valence-corrected chi connectivity index (χ2v) is 5.82. The van der Waals surface area contributed by atoms with E-state index >= 15 is 0 Å². The molecule has 0 spiro atoms. The normalized spacial score (nSPS) is 13.3. The Balaban J connectivity index is 2.76. The summed E-state index contributed by atoms with van der Waals surface area (Å²) in [6.45, 7) is 5.57. The first-order valence-electron chi connectivity index (χ1n) is 6.85. The number of carbonyl (C=O) groups is 2. The summed E-state index contributed by atoms with van der Waals surface area (Å²) in [6, 6.07) is 4.72. The number of carbonyl (C=O) groups excluding carboxylic acids is 1. The molecule has 1 rings (SSSR count). The van der Waals surface area contributed by atoms with Crippen LogP contribution in [0.2, 0.25) is 0 Å². The maximum Gasteiger partial charge on any atom is 0.339 e. The largest absolute Gasteiger partial charge is 0.480 e. The van der Waals surface area contributed by atoms with Crippen LogP contribution < -0.4 is 10.1 Å². The molecule has 0 saturated heterocycles. The van der Waals surface area contributed by atoms with Crippen LogP contribution in [0.5, 0.6) is 5.75 Å². The second-order valence-electron chi connectivity index (χ2n) is 4.90. The first kappa shape index (κ1) is 17.5. The predicted molar refractivity (Wildman–Crippen MR) is 83.7 cm³/mol. The number of nitrogens with one attached hydrogen (secondary N) is 1. The molecule has 0 aromatic heterocycles. The van der Waals surface area contributed by atoms with E-state index in [1.54, 1.807) is 13.0 Å². The highest BCUT2D eigenvalue weighted by Crippen LogP contribution is 2.24. The number of hydrogen-bond acceptors (Lipinski definition) is 3. The van der Waals surface area contributed by atoms with Crippen LogP contribution in [0.3, 0.4) is 0 Å². The topological polar surface area (TPSA) is 75.6 Å². The Morgan fingerprint density at radius 2 is 2.05 bits per heavy atom. The van der Waals surface area contributed by atoms with Crippen LogP contribution >= 0.6 is 15.9 Å². The van der Waals surface area contributed by atoms with E-state index in [4.69, 9.17) is 9.84 Å². The van der Waals surface area contributed by atoms with Crippen molar-refractivity contribution >= 4 is 27.8 Å². The Morgan fingerprint density at radius 3 is 2.62 bits per heavy atom. The number of ether oxygens (including phenoxy) is 1. The molecule has 2 N–H and O–H groups in total. The molecule has 0 heterocycles. The van der Waals surface area contributed by atoms with E-state index < -0.39 is 12.1 Å². The van der Waals surface area contributed by atoms with Gasteiger partial charge in [-0.2, -0.15) is 0 Å². The molecule has 5 nitrogen and oxygen atoms in total. The van der Waals surface area contributed by atoms with E-state index in [-0.39, 0.29) is 23.3 Å². The minimum Gasteiger partial charge on any atom is -0.480 e. The molecule has 2 atom stereocenters. The van der Waals surface area contributed by atoms with Gasteiger partial charge in [0.05, 0.1) is 0 Å². The molecule has 0 radical (unpaired) electrons. The maximum atomic E-state index is 12.0. The zero-order valence-corrected chi connectivity index (χ0v) is 13.9. The Kier molecular flexibility index (Phi) is 6.68. The molecule has 0 aliphatic heterocycles. The van der Waals surface area contributed by atoms with Gasteiger partial charge >= 0.3 is 5.97 Å². The summed E-state index contributed by atoms with van der Waals surface area (Å²) in [5.74, 6) is -1.18. The van der Waals surface area contributed by atoms with Gasteiger partial charge in [0.2, 0.25) is 0 Å². The standard InChI is InChI=1S/C15H20BrNO4/c1-4-5-9(2)17-14(18)10(3)21-13-7-6-11(16)8-12(13)15(19)20/h6-10H,4-5H2,1-3H3,(H,17,18)(H,19,20). The number of halogens is 1. The lowest BCUT2D eigenvalue weighted by molar-refractivity contribution is -0.127. The van der Waals surface area contributed by atoms with E-state index in [1.807, 2.05) is 13.8 Å². The third-order valence-electron chi connectivity index (χ3n) is 2.96. The summed E-state index contributed by atoms with van der Waals surface area (Å²) < 4.78 is 6.13. The summed E-state index contributed by atoms with van der Waals surface area (Å²) in [6.07, 6.45) is 1.10. The summed E-state index contributed by atoms with van der Waals surface area (Å²) >= 11 is 3.21. The fourth-order valence-corrected chi connectivity index (χ4v) is 2.24. The van der Waals surface area contributed by atoms with Crippen molar-refractivity contribution in [1.29, 1.82) is 0 Å². The van der Waals surface area contributed by atoms with E-state index in [0.717, 1.165) is 12.8 Å². The van der Waals surface area contributed by atoms with Crippen molar-refractivity contribution in [3.05, 3.63) is 28.2 Å². The smallest absolute Gasteiger partial charge is 0.339 e. The molecule has 21 heavy (non-hydrogen) atoms. The Labute approximate surface area is 132 Å². The molecule has 1 aromatic rings. The molecule has 1 amide bonds. The zero-order valence-electron chi connectivity index (χ0n) is 12.4. The number of carboxylic acid groups (broad SMARTS) is 1. The predicted octanol–water partition coefficient (Wildman–Crippen LogP) is 3.22. The Hall–Kier alpha value is -1.56. The number of carboxylic acids is 1. The Morgan fingerprint density at radius 1 is 1.38 bits per heavy atom. The average Bonchev–Trinajstić information content (AvgIpc) is 2.40. The lowest BCUT2D eigenvalue weighted by Gasteiger charge is -2.19. The van der Waals surface area contributed by atoms with Crippen LogP contribution in [0.25, 0.3) is 0 Å². The van der Waals surface area contributed by atoms with Gasteiger partial charge in [0.25, 0.3) is 5.91 Å². The highest BCUT2D eigenvalue weighted by Gasteiger charge is 2.20. The van der Waals surface area contributed by atoms with Crippen molar-refractivity contribution in [2.45, 2.75) is 45.8 Å². The molecule has 2 unspecified atom stereocenters. The van der Waals surface area contributed by atoms with Crippen molar-refractivity contribution in [3.63, 3.8) is 0 Å². The highest BCUT2D eigenvalue weighted by molar-refractivity contribution is 9.10. The average molecular weight is 358 g/mol. The SMILES string of the molecule is CCCC(C)NC(=O)C(C)Oc1ccc(Br)cc1C(=O)O. The van der Waals surface area contributed by atoms with Gasteiger partial charge in [-0.1, -0.05) is 29.3 Å². The quantitative estimate of drug-likeness (QED) is 0.785. The lowest BCUT2D eigenvalue weighted by Crippen LogP contribution is -2.41. The van der Waals surface area contributed by atoms with Crippen LogP contribution in [-0.4, -0.2) is 29.1 Å². The zero-order chi connectivity index (χ0) is 16.0. The minimum atomic E-state index is -1.10. The number of rotatable bonds is 7. The van der Waals surface area contributed by atoms with Crippen molar-refractivity contribution in [2.75, 3.05) is 0 Å². The first-order chi connectivity index (χ1) is 9.85. The van der Waals surface area contributed by atoms with Crippen LogP contribution in [0.4, 0.5) is 0 Å². The molecular formula is C15H20BrNO4. The summed E-state index contributed by atoms with van der Waals surface area (Å²) in [5, 5.41) is 12.0. The highest BCUT2D eigenvalue weighted by atomic mass is 79.9. The van der Waals surface area contributed by atoms with Gasteiger partial charge in [-0.3, -0.25) is 4.79 Å². The molecular weight excluding hydrogens is 338 g/mol. The fourth-order valence-electron chi connectivity index (χ4n) is 1.88. The number of amides is 1. The summed E-state index contributed by atoms with van der Waals surface area (Å²) in [7, 11) is 0. The minimum absolute atomic E-state index is 0.0191. The van der Waals surface area contributed by atoms with Crippen molar-refractivity contribution < 1.29 is 19.4 Å². The van der Waals surface area contributed by atoms with Gasteiger partial charge in [0.1, 0.15) is 11.3 Å². The van der Waals surface area contributed by atoms with E-state index in [2.05, 4.69) is 21.2 Å². The molecule has 6 heteroatoms. The van der Waals surface area contributed by atoms with E-state index in [0.29, 0.717) is 4.47 Å². The van der Waals surface area contributed by atoms with E-state index in [1.165, 1.54) is 12.1 Å². The van der Waals surface area contributed by atoms with Crippen molar-refractivity contribution in [1.82, 2.24) is 5.32 Å². The van der Waals surface area contributed by atoms with Crippen molar-refractivity contribution in [3.8, 4) is 5.75 Å². The second kappa shape index (κ2) is 8.02. The van der Waals surface area contributed by atoms with Gasteiger partial charge in [-0.15, -0.1) is 0 Å². The van der Waals surface area contributed by atoms with Crippen LogP contribution in [0.1, 0.15) is 44.0 Å². The number of aromatic carboxylic acids is 1. The van der Waals surface area contributed by atoms with Gasteiger partial charge in [-0.25, -0.2) is 4.79 Å². The fraction of sp³-hybridized carbons (Fsp3) is 0.467. The van der Waals surface area contributed by atoms with Gasteiger partial charge in [-0.05, 0) is 38.5 Å². The number of hydrogen-bond donors (Lipinski definition) is 2. The van der Waals surface area contributed by atoms with E-state index in [9.17, 15) is 9.59 Å². The summed E-state index contributed by atoms with van der Waals surface area (Å²) in [5.41, 5.74) is 0.0191. The van der Waals surface area contributed by atoms with Gasteiger partial charge < -0.3 is 15.2 Å². The van der Waals surface area contributed by atoms with Gasteiger partial charge in [0, 0.05) is 10.5 Å². The number of benzene rings is 1. The molecule has 0 fully saturated rings. The van der Waals surface area contributed by atoms with Crippen LogP contribution in [0, 0.1) is 0 Å². The third kappa shape index (κ3) is 5.38. The lowest BCUT2D eigenvalue weighted by atomic mass is 10.2. The van der Waals surface area contributed by atoms with Crippen molar-refractivity contribution in [2.24, 2.45) is 0 Å². The molecule has 0 bridgehead atoms. The molecule has 0 aliphatic rings. The molecule has 1 aromatic carbocycles. The monoisotopic (exact) mass is 357 g/mol. The summed E-state index contributed by atoms with van der Waals surface area (Å²) in [4.78, 5) is 23.2.